The summed E-state index contributed by atoms with van der Waals surface area (Å²) in [6.45, 7) is 1.02. The summed E-state index contributed by atoms with van der Waals surface area (Å²) in [5.41, 5.74) is 0. The predicted octanol–water partition coefficient (Wildman–Crippen LogP) is 1.29. The van der Waals surface area contributed by atoms with E-state index in [1.165, 1.54) is 17.3 Å². The quantitative estimate of drug-likeness (QED) is 0.817. The number of hydrogen-bond donors (Lipinski definition) is 2. The summed E-state index contributed by atoms with van der Waals surface area (Å²) >= 11 is 5.61. The molecule has 1 atom stereocenters. The van der Waals surface area contributed by atoms with Crippen molar-refractivity contribution in [3.05, 3.63) is 17.5 Å². The molecule has 1 aromatic rings. The third-order valence-corrected chi connectivity index (χ3v) is 2.63. The average Bonchev–Trinajstić information content (AvgIpc) is 2.70. The third kappa shape index (κ3) is 2.52. The lowest BCUT2D eigenvalue weighted by atomic mass is 10.3. The molecular formula is C9H11ClN4O2. The third-order valence-electron chi connectivity index (χ3n) is 2.43. The highest BCUT2D eigenvalue weighted by Gasteiger charge is 2.25. The lowest BCUT2D eigenvalue weighted by molar-refractivity contribution is 0.155. The molecule has 1 amide bonds. The van der Waals surface area contributed by atoms with Crippen LogP contribution in [0.1, 0.15) is 6.42 Å². The van der Waals surface area contributed by atoms with Crippen LogP contribution < -0.4 is 5.32 Å². The van der Waals surface area contributed by atoms with Crippen molar-refractivity contribution >= 4 is 23.5 Å². The van der Waals surface area contributed by atoms with Crippen molar-refractivity contribution in [3.8, 4) is 0 Å². The zero-order chi connectivity index (χ0) is 11.5. The molecule has 0 radical (unpaired) electrons. The van der Waals surface area contributed by atoms with Gasteiger partial charge in [-0.25, -0.2) is 14.8 Å². The van der Waals surface area contributed by atoms with Gasteiger partial charge in [0.15, 0.2) is 0 Å². The number of hydrogen-bond acceptors (Lipinski definition) is 4. The first-order valence-electron chi connectivity index (χ1n) is 4.87. The Balaban J connectivity index is 1.92. The fourth-order valence-corrected chi connectivity index (χ4v) is 1.75. The zero-order valence-corrected chi connectivity index (χ0v) is 9.18. The van der Waals surface area contributed by atoms with E-state index in [0.29, 0.717) is 24.1 Å². The van der Waals surface area contributed by atoms with Crippen molar-refractivity contribution in [2.45, 2.75) is 12.5 Å². The zero-order valence-electron chi connectivity index (χ0n) is 8.43. The van der Waals surface area contributed by atoms with Crippen LogP contribution in [-0.2, 0) is 0 Å². The number of carboxylic acid groups (broad SMARTS) is 1. The molecule has 1 aliphatic rings. The predicted molar refractivity (Wildman–Crippen MR) is 58.7 cm³/mol. The van der Waals surface area contributed by atoms with E-state index in [9.17, 15) is 4.79 Å². The monoisotopic (exact) mass is 242 g/mol. The van der Waals surface area contributed by atoms with Crippen molar-refractivity contribution < 1.29 is 9.90 Å². The van der Waals surface area contributed by atoms with Gasteiger partial charge in [0.25, 0.3) is 0 Å². The van der Waals surface area contributed by atoms with E-state index < -0.39 is 6.09 Å². The topological polar surface area (TPSA) is 78.4 Å². The molecule has 0 aromatic carbocycles. The normalized spacial score (nSPS) is 19.8. The number of amides is 1. The van der Waals surface area contributed by atoms with Gasteiger partial charge in [0.2, 0.25) is 0 Å². The Hall–Kier alpha value is -1.56. The second kappa shape index (κ2) is 4.52. The van der Waals surface area contributed by atoms with Gasteiger partial charge in [0.1, 0.15) is 11.0 Å². The van der Waals surface area contributed by atoms with E-state index >= 15 is 0 Å². The Kier molecular flexibility index (Phi) is 3.09. The van der Waals surface area contributed by atoms with Crippen molar-refractivity contribution in [3.63, 3.8) is 0 Å². The van der Waals surface area contributed by atoms with Crippen LogP contribution in [0.15, 0.2) is 12.4 Å². The maximum absolute atomic E-state index is 10.7. The molecule has 1 aliphatic heterocycles. The molecule has 1 fully saturated rings. The summed E-state index contributed by atoms with van der Waals surface area (Å²) in [6.07, 6.45) is 2.88. The summed E-state index contributed by atoms with van der Waals surface area (Å²) in [4.78, 5) is 20.0. The first-order chi connectivity index (χ1) is 7.65. The minimum absolute atomic E-state index is 0.0894. The molecule has 0 saturated carbocycles. The van der Waals surface area contributed by atoms with Crippen LogP contribution in [0.25, 0.3) is 0 Å². The van der Waals surface area contributed by atoms with Crippen LogP contribution in [0.3, 0.4) is 0 Å². The fourth-order valence-electron chi connectivity index (χ4n) is 1.65. The molecule has 1 aromatic heterocycles. The molecule has 2 heterocycles. The Morgan fingerprint density at radius 3 is 2.94 bits per heavy atom. The molecule has 86 valence electrons. The molecule has 1 saturated heterocycles. The maximum atomic E-state index is 10.7. The van der Waals surface area contributed by atoms with Gasteiger partial charge < -0.3 is 15.3 Å². The maximum Gasteiger partial charge on any atom is 0.407 e. The van der Waals surface area contributed by atoms with Crippen LogP contribution in [0.2, 0.25) is 5.15 Å². The van der Waals surface area contributed by atoms with Gasteiger partial charge in [-0.05, 0) is 6.42 Å². The number of likely N-dealkylation sites (tertiary alicyclic amines) is 1. The molecule has 2 rings (SSSR count). The molecule has 0 unspecified atom stereocenters. The average molecular weight is 243 g/mol. The van der Waals surface area contributed by atoms with Gasteiger partial charge in [-0.1, -0.05) is 11.6 Å². The number of anilines is 1. The first-order valence-corrected chi connectivity index (χ1v) is 5.25. The molecule has 2 N–H and O–H groups in total. The first kappa shape index (κ1) is 10.9. The van der Waals surface area contributed by atoms with E-state index in [0.717, 1.165) is 6.42 Å². The van der Waals surface area contributed by atoms with Crippen LogP contribution in [0.4, 0.5) is 10.6 Å². The van der Waals surface area contributed by atoms with E-state index in [2.05, 4.69) is 15.3 Å². The highest BCUT2D eigenvalue weighted by atomic mass is 35.5. The Morgan fingerprint density at radius 1 is 1.56 bits per heavy atom. The second-order valence-electron chi connectivity index (χ2n) is 3.58. The summed E-state index contributed by atoms with van der Waals surface area (Å²) in [6, 6.07) is 0.0894. The summed E-state index contributed by atoms with van der Waals surface area (Å²) in [5.74, 6) is 0.613. The minimum atomic E-state index is -0.883. The van der Waals surface area contributed by atoms with E-state index in [4.69, 9.17) is 16.7 Å². The Labute approximate surface area is 97.3 Å². The van der Waals surface area contributed by atoms with E-state index in [1.807, 2.05) is 0 Å². The van der Waals surface area contributed by atoms with E-state index in [-0.39, 0.29) is 6.04 Å². The number of rotatable bonds is 2. The number of halogens is 1. The number of nitrogens with one attached hydrogen (secondary N) is 1. The van der Waals surface area contributed by atoms with Crippen molar-refractivity contribution in [2.75, 3.05) is 18.4 Å². The SMILES string of the molecule is O=C(O)N1CC[C@@H](Nc2cnc(Cl)cn2)C1. The highest BCUT2D eigenvalue weighted by molar-refractivity contribution is 6.29. The summed E-state index contributed by atoms with van der Waals surface area (Å²) in [7, 11) is 0. The molecular weight excluding hydrogens is 232 g/mol. The van der Waals surface area contributed by atoms with Crippen LogP contribution in [0.5, 0.6) is 0 Å². The lowest BCUT2D eigenvalue weighted by Crippen LogP contribution is -2.30. The van der Waals surface area contributed by atoms with Gasteiger partial charge >= 0.3 is 6.09 Å². The standard InChI is InChI=1S/C9H11ClN4O2/c10-7-3-12-8(4-11-7)13-6-1-2-14(5-6)9(15)16/h3-4,6H,1-2,5H2,(H,12,13)(H,15,16)/t6-/m1/s1. The highest BCUT2D eigenvalue weighted by Crippen LogP contribution is 2.14. The molecule has 16 heavy (non-hydrogen) atoms. The van der Waals surface area contributed by atoms with Gasteiger partial charge in [-0.3, -0.25) is 0 Å². The molecule has 0 bridgehead atoms. The van der Waals surface area contributed by atoms with E-state index in [1.54, 1.807) is 0 Å². The number of nitrogens with zero attached hydrogens (tertiary/aromatic N) is 3. The lowest BCUT2D eigenvalue weighted by Gasteiger charge is -2.13. The second-order valence-corrected chi connectivity index (χ2v) is 3.97. The largest absolute Gasteiger partial charge is 0.465 e. The Bertz CT molecular complexity index is 384. The van der Waals surface area contributed by atoms with Gasteiger partial charge in [-0.2, -0.15) is 0 Å². The van der Waals surface area contributed by atoms with Gasteiger partial charge in [-0.15, -0.1) is 0 Å². The van der Waals surface area contributed by atoms with Crippen molar-refractivity contribution in [2.24, 2.45) is 0 Å². The molecule has 0 spiro atoms. The summed E-state index contributed by atoms with van der Waals surface area (Å²) < 4.78 is 0. The minimum Gasteiger partial charge on any atom is -0.465 e. The molecule has 6 nitrogen and oxygen atoms in total. The molecule has 0 aliphatic carbocycles. The van der Waals surface area contributed by atoms with Crippen LogP contribution in [-0.4, -0.2) is 45.2 Å². The number of aromatic nitrogens is 2. The van der Waals surface area contributed by atoms with Crippen molar-refractivity contribution in [1.82, 2.24) is 14.9 Å². The van der Waals surface area contributed by atoms with Crippen LogP contribution in [0, 0.1) is 0 Å². The fraction of sp³-hybridized carbons (Fsp3) is 0.444. The Morgan fingerprint density at radius 2 is 2.38 bits per heavy atom. The van der Waals surface area contributed by atoms with Crippen LogP contribution >= 0.6 is 11.6 Å². The summed E-state index contributed by atoms with van der Waals surface area (Å²) in [5, 5.41) is 12.2. The van der Waals surface area contributed by atoms with Gasteiger partial charge in [0, 0.05) is 19.1 Å². The smallest absolute Gasteiger partial charge is 0.407 e. The number of carbonyl (C=O) groups is 1. The molecule has 7 heteroatoms. The van der Waals surface area contributed by atoms with Crippen molar-refractivity contribution in [1.29, 1.82) is 0 Å². The van der Waals surface area contributed by atoms with Gasteiger partial charge in [0.05, 0.1) is 12.4 Å².